The summed E-state index contributed by atoms with van der Waals surface area (Å²) >= 11 is 0. The highest BCUT2D eigenvalue weighted by atomic mass is 19.1. The summed E-state index contributed by atoms with van der Waals surface area (Å²) in [4.78, 5) is 22.1. The highest BCUT2D eigenvalue weighted by Crippen LogP contribution is 2.34. The molecular formula is C11H10FNO3. The highest BCUT2D eigenvalue weighted by Gasteiger charge is 2.38. The molecule has 4 nitrogen and oxygen atoms in total. The summed E-state index contributed by atoms with van der Waals surface area (Å²) in [5, 5.41) is 2.41. The van der Waals surface area contributed by atoms with Crippen LogP contribution in [-0.4, -0.2) is 18.0 Å². The Kier molecular flexibility index (Phi) is 2.60. The Morgan fingerprint density at radius 1 is 1.44 bits per heavy atom. The first-order chi connectivity index (χ1) is 7.59. The number of rotatable bonds is 1. The van der Waals surface area contributed by atoms with Gasteiger partial charge in [0.1, 0.15) is 0 Å². The normalized spacial score (nSPS) is 23.2. The summed E-state index contributed by atoms with van der Waals surface area (Å²) in [5.41, 5.74) is 0.956. The van der Waals surface area contributed by atoms with Crippen molar-refractivity contribution in [1.82, 2.24) is 0 Å². The van der Waals surface area contributed by atoms with Crippen molar-refractivity contribution in [3.05, 3.63) is 29.8 Å². The van der Waals surface area contributed by atoms with Crippen LogP contribution in [0.3, 0.4) is 0 Å². The third-order valence-electron chi connectivity index (χ3n) is 2.33. The molecule has 2 rings (SSSR count). The molecule has 1 aliphatic rings. The average Bonchev–Trinajstić information content (AvgIpc) is 2.24. The number of nitrogens with one attached hydrogen (secondary N) is 1. The van der Waals surface area contributed by atoms with Gasteiger partial charge in [0.2, 0.25) is 6.17 Å². The van der Waals surface area contributed by atoms with Gasteiger partial charge >= 0.3 is 5.97 Å². The Hall–Kier alpha value is -1.91. The number of anilines is 1. The molecule has 1 N–H and O–H groups in total. The van der Waals surface area contributed by atoms with Crippen molar-refractivity contribution in [2.24, 2.45) is 0 Å². The van der Waals surface area contributed by atoms with E-state index in [9.17, 15) is 14.0 Å². The van der Waals surface area contributed by atoms with Crippen LogP contribution in [0.15, 0.2) is 24.3 Å². The molecule has 0 saturated heterocycles. The predicted octanol–water partition coefficient (Wildman–Crippen LogP) is 1.58. The minimum absolute atomic E-state index is 0.477. The number of halogens is 1. The standard InChI is InChI=1S/C11H10FNO3/c1-6(14)16-10-7-4-2-3-5-8(7)13-11(15)9(10)12/h2-5,9-10H,1H3,(H,13,15). The van der Waals surface area contributed by atoms with Crippen molar-refractivity contribution in [1.29, 1.82) is 0 Å². The highest BCUT2D eigenvalue weighted by molar-refractivity contribution is 5.98. The van der Waals surface area contributed by atoms with Gasteiger partial charge in [0.25, 0.3) is 5.91 Å². The smallest absolute Gasteiger partial charge is 0.303 e. The van der Waals surface area contributed by atoms with Crippen LogP contribution >= 0.6 is 0 Å². The van der Waals surface area contributed by atoms with Gasteiger partial charge in [-0.25, -0.2) is 4.39 Å². The third-order valence-corrected chi connectivity index (χ3v) is 2.33. The van der Waals surface area contributed by atoms with Gasteiger partial charge < -0.3 is 10.1 Å². The van der Waals surface area contributed by atoms with E-state index in [-0.39, 0.29) is 0 Å². The van der Waals surface area contributed by atoms with E-state index in [4.69, 9.17) is 4.74 Å². The fourth-order valence-electron chi connectivity index (χ4n) is 1.66. The van der Waals surface area contributed by atoms with Gasteiger partial charge in [0.15, 0.2) is 6.10 Å². The summed E-state index contributed by atoms with van der Waals surface area (Å²) in [6.45, 7) is 1.18. The summed E-state index contributed by atoms with van der Waals surface area (Å²) in [6, 6.07) is 6.66. The molecule has 1 aromatic carbocycles. The van der Waals surface area contributed by atoms with Crippen LogP contribution in [0.2, 0.25) is 0 Å². The van der Waals surface area contributed by atoms with Crippen LogP contribution in [-0.2, 0) is 14.3 Å². The minimum Gasteiger partial charge on any atom is -0.454 e. The van der Waals surface area contributed by atoms with Crippen molar-refractivity contribution in [2.75, 3.05) is 5.32 Å². The molecule has 1 aromatic rings. The fourth-order valence-corrected chi connectivity index (χ4v) is 1.66. The number of hydrogen-bond donors (Lipinski definition) is 1. The summed E-state index contributed by atoms with van der Waals surface area (Å²) in [7, 11) is 0. The molecular weight excluding hydrogens is 213 g/mol. The number of para-hydroxylation sites is 1. The number of ether oxygens (including phenoxy) is 1. The first-order valence-electron chi connectivity index (χ1n) is 4.80. The molecule has 0 aromatic heterocycles. The van der Waals surface area contributed by atoms with Crippen LogP contribution < -0.4 is 5.32 Å². The maximum Gasteiger partial charge on any atom is 0.303 e. The van der Waals surface area contributed by atoms with Gasteiger partial charge in [-0.05, 0) is 6.07 Å². The van der Waals surface area contributed by atoms with Crippen molar-refractivity contribution in [2.45, 2.75) is 19.2 Å². The molecule has 0 saturated carbocycles. The molecule has 1 amide bonds. The summed E-state index contributed by atoms with van der Waals surface area (Å²) in [6.07, 6.45) is -3.01. The van der Waals surface area contributed by atoms with Gasteiger partial charge in [-0.15, -0.1) is 0 Å². The molecule has 0 aliphatic carbocycles. The lowest BCUT2D eigenvalue weighted by Crippen LogP contribution is -2.37. The third kappa shape index (κ3) is 1.76. The maximum absolute atomic E-state index is 13.6. The molecule has 1 heterocycles. The SMILES string of the molecule is CC(=O)OC1c2ccccc2NC(=O)C1F. The van der Waals surface area contributed by atoms with Gasteiger partial charge in [-0.3, -0.25) is 9.59 Å². The maximum atomic E-state index is 13.6. The molecule has 2 unspecified atom stereocenters. The molecule has 1 aliphatic heterocycles. The molecule has 0 spiro atoms. The van der Waals surface area contributed by atoms with E-state index in [1.807, 2.05) is 0 Å². The Labute approximate surface area is 91.4 Å². The number of amides is 1. The summed E-state index contributed by atoms with van der Waals surface area (Å²) in [5.74, 6) is -1.40. The first kappa shape index (κ1) is 10.6. The summed E-state index contributed by atoms with van der Waals surface area (Å²) < 4.78 is 18.4. The van der Waals surface area contributed by atoms with E-state index >= 15 is 0 Å². The topological polar surface area (TPSA) is 55.4 Å². The van der Waals surface area contributed by atoms with Gasteiger partial charge in [-0.1, -0.05) is 18.2 Å². The second kappa shape index (κ2) is 3.92. The first-order valence-corrected chi connectivity index (χ1v) is 4.80. The zero-order chi connectivity index (χ0) is 11.7. The van der Waals surface area contributed by atoms with E-state index < -0.39 is 24.2 Å². The quantitative estimate of drug-likeness (QED) is 0.735. The molecule has 0 radical (unpaired) electrons. The fraction of sp³-hybridized carbons (Fsp3) is 0.273. The Morgan fingerprint density at radius 3 is 2.81 bits per heavy atom. The van der Waals surface area contributed by atoms with Crippen molar-refractivity contribution in [3.8, 4) is 0 Å². The van der Waals surface area contributed by atoms with E-state index in [2.05, 4.69) is 5.32 Å². The molecule has 84 valence electrons. The zero-order valence-electron chi connectivity index (χ0n) is 8.57. The second-order valence-electron chi connectivity index (χ2n) is 3.51. The van der Waals surface area contributed by atoms with Crippen molar-refractivity contribution in [3.63, 3.8) is 0 Å². The molecule has 5 heteroatoms. The Bertz CT molecular complexity index is 447. The number of esters is 1. The van der Waals surface area contributed by atoms with Gasteiger partial charge in [0, 0.05) is 18.2 Å². The molecule has 2 atom stereocenters. The van der Waals surface area contributed by atoms with E-state index in [0.29, 0.717) is 11.3 Å². The lowest BCUT2D eigenvalue weighted by atomic mass is 9.98. The van der Waals surface area contributed by atoms with Gasteiger partial charge in [-0.2, -0.15) is 0 Å². The predicted molar refractivity (Wildman–Crippen MR) is 54.5 cm³/mol. The molecule has 16 heavy (non-hydrogen) atoms. The van der Waals surface area contributed by atoms with Crippen LogP contribution in [0.5, 0.6) is 0 Å². The number of fused-ring (bicyclic) bond motifs is 1. The van der Waals surface area contributed by atoms with E-state index in [1.165, 1.54) is 6.92 Å². The Balaban J connectivity index is 2.41. The number of hydrogen-bond acceptors (Lipinski definition) is 3. The van der Waals surface area contributed by atoms with Gasteiger partial charge in [0.05, 0.1) is 0 Å². The second-order valence-corrected chi connectivity index (χ2v) is 3.51. The molecule has 0 bridgehead atoms. The lowest BCUT2D eigenvalue weighted by molar-refractivity contribution is -0.152. The van der Waals surface area contributed by atoms with E-state index in [1.54, 1.807) is 24.3 Å². The van der Waals surface area contributed by atoms with Crippen LogP contribution in [0.25, 0.3) is 0 Å². The monoisotopic (exact) mass is 223 g/mol. The van der Waals surface area contributed by atoms with Crippen molar-refractivity contribution < 1.29 is 18.7 Å². The van der Waals surface area contributed by atoms with Crippen LogP contribution in [0.1, 0.15) is 18.6 Å². The average molecular weight is 223 g/mol. The Morgan fingerprint density at radius 2 is 2.12 bits per heavy atom. The number of alkyl halides is 1. The van der Waals surface area contributed by atoms with Crippen LogP contribution in [0.4, 0.5) is 10.1 Å². The number of benzene rings is 1. The van der Waals surface area contributed by atoms with Crippen LogP contribution in [0, 0.1) is 0 Å². The molecule has 0 fully saturated rings. The number of carbonyl (C=O) groups is 2. The lowest BCUT2D eigenvalue weighted by Gasteiger charge is -2.27. The van der Waals surface area contributed by atoms with E-state index in [0.717, 1.165) is 0 Å². The largest absolute Gasteiger partial charge is 0.454 e. The van der Waals surface area contributed by atoms with Crippen molar-refractivity contribution >= 4 is 17.6 Å². The number of carbonyl (C=O) groups excluding carboxylic acids is 2. The zero-order valence-corrected chi connectivity index (χ0v) is 8.57. The minimum atomic E-state index is -1.86.